The lowest BCUT2D eigenvalue weighted by molar-refractivity contribution is -0.138. The third-order valence-electron chi connectivity index (χ3n) is 7.19. The molecule has 14 heteroatoms. The van der Waals surface area contributed by atoms with Gasteiger partial charge in [-0.3, -0.25) is 14.4 Å². The van der Waals surface area contributed by atoms with E-state index in [4.69, 9.17) is 0 Å². The number of aromatic nitrogens is 5. The maximum atomic E-state index is 14.1. The number of fused-ring (bicyclic) bond motifs is 3. The van der Waals surface area contributed by atoms with Crippen molar-refractivity contribution in [2.24, 2.45) is 5.92 Å². The maximum absolute atomic E-state index is 14.1. The molecule has 1 aliphatic rings. The monoisotopic (exact) mass is 645 g/mol. The highest BCUT2D eigenvalue weighted by Gasteiger charge is 2.36. The number of amides is 2. The van der Waals surface area contributed by atoms with Gasteiger partial charge in [0.2, 0.25) is 0 Å². The molecule has 2 amide bonds. The molecule has 0 bridgehead atoms. The smallest absolute Gasteiger partial charge is 0.354 e. The predicted octanol–water partition coefficient (Wildman–Crippen LogP) is 4.20. The maximum Gasteiger partial charge on any atom is 0.417 e. The number of benzene rings is 1. The summed E-state index contributed by atoms with van der Waals surface area (Å²) in [4.78, 5) is 41.1. The highest BCUT2D eigenvalue weighted by Crippen LogP contribution is 2.36. The van der Waals surface area contributed by atoms with E-state index >= 15 is 0 Å². The van der Waals surface area contributed by atoms with Crippen molar-refractivity contribution in [3.63, 3.8) is 0 Å². The molecule has 0 radical (unpaired) electrons. The highest BCUT2D eigenvalue weighted by molar-refractivity contribution is 9.10. The van der Waals surface area contributed by atoms with Gasteiger partial charge in [0.15, 0.2) is 11.5 Å². The molecule has 1 aromatic carbocycles. The Morgan fingerprint density at radius 3 is 2.52 bits per heavy atom. The second-order valence-corrected chi connectivity index (χ2v) is 11.5. The summed E-state index contributed by atoms with van der Waals surface area (Å²) in [6, 6.07) is 5.88. The van der Waals surface area contributed by atoms with E-state index in [1.807, 2.05) is 13.8 Å². The molecule has 0 saturated carbocycles. The molecule has 4 aromatic rings. The fourth-order valence-electron chi connectivity index (χ4n) is 5.19. The average molecular weight is 646 g/mol. The van der Waals surface area contributed by atoms with Crippen LogP contribution in [0.4, 0.5) is 13.2 Å². The molecular weight excluding hydrogens is 619 g/mol. The summed E-state index contributed by atoms with van der Waals surface area (Å²) in [5, 5.41) is 15.2. The summed E-state index contributed by atoms with van der Waals surface area (Å²) in [5.41, 5.74) is 0.741. The van der Waals surface area contributed by atoms with E-state index < -0.39 is 29.6 Å². The second kappa shape index (κ2) is 11.0. The van der Waals surface area contributed by atoms with E-state index in [-0.39, 0.29) is 46.0 Å². The number of nitrogens with zero attached hydrogens (tertiary/aromatic N) is 6. The minimum Gasteiger partial charge on any atom is -0.354 e. The summed E-state index contributed by atoms with van der Waals surface area (Å²) in [5.74, 6) is -0.591. The van der Waals surface area contributed by atoms with Gasteiger partial charge < -0.3 is 10.2 Å². The van der Waals surface area contributed by atoms with Crippen LogP contribution in [0.15, 0.2) is 45.8 Å². The van der Waals surface area contributed by atoms with Crippen LogP contribution in [-0.2, 0) is 25.6 Å². The van der Waals surface area contributed by atoms with Gasteiger partial charge in [0.1, 0.15) is 5.65 Å². The largest absolute Gasteiger partial charge is 0.417 e. The first-order valence-corrected chi connectivity index (χ1v) is 14.0. The lowest BCUT2D eigenvalue weighted by Gasteiger charge is -2.35. The molecule has 1 atom stereocenters. The Morgan fingerprint density at radius 1 is 1.17 bits per heavy atom. The molecule has 1 N–H and O–H groups in total. The Bertz CT molecular complexity index is 1760. The Hall–Kier alpha value is -4.07. The van der Waals surface area contributed by atoms with Crippen LogP contribution in [0.3, 0.4) is 0 Å². The molecule has 0 aliphatic carbocycles. The number of carbonyl (C=O) groups excluding carboxylic acids is 2. The second-order valence-electron chi connectivity index (χ2n) is 10.6. The molecule has 3 aromatic heterocycles. The Balaban J connectivity index is 1.64. The van der Waals surface area contributed by atoms with Crippen LogP contribution < -0.4 is 10.9 Å². The van der Waals surface area contributed by atoms with Gasteiger partial charge in [0.05, 0.1) is 24.0 Å². The van der Waals surface area contributed by atoms with E-state index in [1.165, 1.54) is 40.8 Å². The van der Waals surface area contributed by atoms with Crippen molar-refractivity contribution in [2.45, 2.75) is 52.4 Å². The summed E-state index contributed by atoms with van der Waals surface area (Å²) >= 11 is 2.92. The summed E-state index contributed by atoms with van der Waals surface area (Å²) in [7, 11) is 1.47. The first kappa shape index (κ1) is 29.4. The molecule has 1 aliphatic heterocycles. The number of carbonyl (C=O) groups is 2. The Labute approximate surface area is 246 Å². The van der Waals surface area contributed by atoms with Crippen LogP contribution in [0.25, 0.3) is 11.5 Å². The van der Waals surface area contributed by atoms with E-state index in [1.54, 1.807) is 17.6 Å². The van der Waals surface area contributed by atoms with Gasteiger partial charge in [-0.05, 0) is 56.0 Å². The quantitative estimate of drug-likeness (QED) is 0.348. The molecule has 42 heavy (non-hydrogen) atoms. The van der Waals surface area contributed by atoms with Crippen molar-refractivity contribution in [3.8, 4) is 5.82 Å². The minimum atomic E-state index is -4.64. The number of rotatable bonds is 5. The van der Waals surface area contributed by atoms with Gasteiger partial charge in [-0.15, -0.1) is 10.2 Å². The fraction of sp³-hybridized carbons (Fsp3) is 0.357. The normalized spacial score (nSPS) is 15.3. The molecule has 0 unspecified atom stereocenters. The lowest BCUT2D eigenvalue weighted by Crippen LogP contribution is -2.46. The van der Waals surface area contributed by atoms with Crippen molar-refractivity contribution < 1.29 is 22.8 Å². The summed E-state index contributed by atoms with van der Waals surface area (Å²) in [6.45, 7) is 5.75. The summed E-state index contributed by atoms with van der Waals surface area (Å²) in [6.07, 6.45) is -2.26. The minimum absolute atomic E-state index is 0.0383. The first-order valence-electron chi connectivity index (χ1n) is 13.2. The molecule has 5 rings (SSSR count). The number of halogens is 4. The molecule has 10 nitrogen and oxygen atoms in total. The zero-order valence-corrected chi connectivity index (χ0v) is 24.7. The number of hydrogen-bond acceptors (Lipinski definition) is 6. The Morgan fingerprint density at radius 2 is 1.90 bits per heavy atom. The van der Waals surface area contributed by atoms with Gasteiger partial charge in [0, 0.05) is 34.3 Å². The number of hydrogen-bond donors (Lipinski definition) is 1. The lowest BCUT2D eigenvalue weighted by atomic mass is 9.97. The molecule has 0 fully saturated rings. The SMILES string of the molecule is CNC(=O)c1ccc(-n2c(=O)c3c(n4ncc(CC(C)C)c24)CN(C(=O)c2ccc(Br)c(C(F)(F)F)c2)[C@@H](C)C3)nn1. The average Bonchev–Trinajstić information content (AvgIpc) is 3.34. The van der Waals surface area contributed by atoms with Crippen molar-refractivity contribution in [3.05, 3.63) is 85.0 Å². The fourth-order valence-corrected chi connectivity index (χ4v) is 5.66. The number of nitrogens with one attached hydrogen (secondary N) is 1. The molecule has 4 heterocycles. The van der Waals surface area contributed by atoms with Crippen molar-refractivity contribution in [2.75, 3.05) is 7.05 Å². The zero-order valence-electron chi connectivity index (χ0n) is 23.2. The number of alkyl halides is 3. The standard InChI is InChI=1S/C28H27BrF3N7O3/c1-14(2)9-17-12-34-39-22-13-37(26(41)16-5-6-20(29)19(11-16)28(30,31)32)15(3)10-18(22)27(42)38(25(17)39)23-8-7-21(35-36-23)24(40)33-4/h5-8,11-12,14-15H,9-10,13H2,1-4H3,(H,33,40)/t15-/m0/s1. The Kier molecular flexibility index (Phi) is 7.68. The van der Waals surface area contributed by atoms with Crippen LogP contribution in [0.1, 0.15) is 64.0 Å². The van der Waals surface area contributed by atoms with E-state index in [0.29, 0.717) is 23.3 Å². The van der Waals surface area contributed by atoms with Gasteiger partial charge >= 0.3 is 6.18 Å². The topological polar surface area (TPSA) is 114 Å². The van der Waals surface area contributed by atoms with Crippen LogP contribution in [-0.4, -0.2) is 54.2 Å². The van der Waals surface area contributed by atoms with Crippen LogP contribution >= 0.6 is 15.9 Å². The van der Waals surface area contributed by atoms with Crippen molar-refractivity contribution >= 4 is 33.4 Å². The van der Waals surface area contributed by atoms with Crippen LogP contribution in [0.2, 0.25) is 0 Å². The molecule has 0 saturated heterocycles. The first-order chi connectivity index (χ1) is 19.8. The van der Waals surface area contributed by atoms with Gasteiger partial charge in [-0.25, -0.2) is 9.08 Å². The molecular formula is C28H27BrF3N7O3. The van der Waals surface area contributed by atoms with Crippen molar-refractivity contribution in [1.82, 2.24) is 34.6 Å². The predicted molar refractivity (Wildman–Crippen MR) is 150 cm³/mol. The van der Waals surface area contributed by atoms with Gasteiger partial charge in [-0.2, -0.15) is 18.3 Å². The zero-order chi connectivity index (χ0) is 30.5. The van der Waals surface area contributed by atoms with E-state index in [9.17, 15) is 27.6 Å². The third-order valence-corrected chi connectivity index (χ3v) is 7.88. The van der Waals surface area contributed by atoms with Gasteiger partial charge in [-0.1, -0.05) is 29.8 Å². The molecule has 0 spiro atoms. The molecule has 220 valence electrons. The summed E-state index contributed by atoms with van der Waals surface area (Å²) < 4.78 is 43.5. The third kappa shape index (κ3) is 5.19. The highest BCUT2D eigenvalue weighted by atomic mass is 79.9. The van der Waals surface area contributed by atoms with Crippen LogP contribution in [0.5, 0.6) is 0 Å². The van der Waals surface area contributed by atoms with Crippen molar-refractivity contribution in [1.29, 1.82) is 0 Å². The van der Waals surface area contributed by atoms with Crippen LogP contribution in [0, 0.1) is 5.92 Å². The van der Waals surface area contributed by atoms with E-state index in [0.717, 1.165) is 11.6 Å². The van der Waals surface area contributed by atoms with Gasteiger partial charge in [0.25, 0.3) is 17.4 Å². The van der Waals surface area contributed by atoms with E-state index in [2.05, 4.69) is 36.5 Å².